The maximum Gasteiger partial charge on any atom is 0.0178 e. The number of hydrogen-bond acceptors (Lipinski definition) is 0. The van der Waals surface area contributed by atoms with Crippen molar-refractivity contribution in [1.82, 2.24) is 0 Å². The second kappa shape index (κ2) is 5.75. The summed E-state index contributed by atoms with van der Waals surface area (Å²) in [5.74, 6) is 0. The molecular formula is C23H19Br. The summed E-state index contributed by atoms with van der Waals surface area (Å²) in [6.07, 6.45) is 4.37. The SMILES string of the molecule is CC1(C)c2cc(Br)ccc2-c2ccc(/C=C/c3ccccc3)cc21. The molecule has 0 amide bonds. The first-order valence-corrected chi connectivity index (χ1v) is 9.03. The van der Waals surface area contributed by atoms with Crippen molar-refractivity contribution in [2.24, 2.45) is 0 Å². The molecule has 118 valence electrons. The van der Waals surface area contributed by atoms with Crippen molar-refractivity contribution in [3.05, 3.63) is 93.5 Å². The summed E-state index contributed by atoms with van der Waals surface area (Å²) in [5, 5.41) is 0. The van der Waals surface area contributed by atoms with E-state index in [1.165, 1.54) is 33.4 Å². The Balaban J connectivity index is 1.76. The molecule has 1 aliphatic carbocycles. The van der Waals surface area contributed by atoms with Crippen LogP contribution >= 0.6 is 15.9 Å². The Hall–Kier alpha value is -2.12. The lowest BCUT2D eigenvalue weighted by molar-refractivity contribution is 0.660. The normalized spacial score (nSPS) is 14.6. The van der Waals surface area contributed by atoms with Gasteiger partial charge in [0.15, 0.2) is 0 Å². The van der Waals surface area contributed by atoms with Gasteiger partial charge in [-0.2, -0.15) is 0 Å². The van der Waals surface area contributed by atoms with Crippen molar-refractivity contribution in [2.75, 3.05) is 0 Å². The van der Waals surface area contributed by atoms with E-state index in [0.717, 1.165) is 4.47 Å². The van der Waals surface area contributed by atoms with Crippen molar-refractivity contribution in [2.45, 2.75) is 19.3 Å². The van der Waals surface area contributed by atoms with Gasteiger partial charge in [0.2, 0.25) is 0 Å². The smallest absolute Gasteiger partial charge is 0.0178 e. The molecule has 0 atom stereocenters. The molecule has 0 fully saturated rings. The van der Waals surface area contributed by atoms with Gasteiger partial charge in [-0.25, -0.2) is 0 Å². The van der Waals surface area contributed by atoms with Crippen molar-refractivity contribution >= 4 is 28.1 Å². The summed E-state index contributed by atoms with van der Waals surface area (Å²) in [4.78, 5) is 0. The Morgan fingerprint density at radius 1 is 0.708 bits per heavy atom. The third-order valence-corrected chi connectivity index (χ3v) is 5.42. The fourth-order valence-corrected chi connectivity index (χ4v) is 3.95. The van der Waals surface area contributed by atoms with E-state index in [-0.39, 0.29) is 5.41 Å². The average molecular weight is 375 g/mol. The number of benzene rings is 3. The first-order chi connectivity index (χ1) is 11.6. The number of rotatable bonds is 2. The van der Waals surface area contributed by atoms with E-state index in [0.29, 0.717) is 0 Å². The summed E-state index contributed by atoms with van der Waals surface area (Å²) >= 11 is 3.62. The predicted molar refractivity (Wildman–Crippen MR) is 107 cm³/mol. The molecule has 3 aromatic carbocycles. The van der Waals surface area contributed by atoms with Gasteiger partial charge in [-0.15, -0.1) is 0 Å². The van der Waals surface area contributed by atoms with Crippen molar-refractivity contribution in [3.63, 3.8) is 0 Å². The van der Waals surface area contributed by atoms with Gasteiger partial charge in [-0.1, -0.05) is 96.5 Å². The Kier molecular flexibility index (Phi) is 3.69. The van der Waals surface area contributed by atoms with Gasteiger partial charge in [0.05, 0.1) is 0 Å². The predicted octanol–water partition coefficient (Wildman–Crippen LogP) is 6.93. The Labute approximate surface area is 152 Å². The van der Waals surface area contributed by atoms with Crippen LogP contribution in [-0.2, 0) is 5.41 Å². The van der Waals surface area contributed by atoms with E-state index < -0.39 is 0 Å². The van der Waals surface area contributed by atoms with Gasteiger partial charge in [0.1, 0.15) is 0 Å². The molecule has 0 heterocycles. The van der Waals surface area contributed by atoms with Crippen LogP contribution in [0.1, 0.15) is 36.1 Å². The van der Waals surface area contributed by atoms with Crippen molar-refractivity contribution in [1.29, 1.82) is 0 Å². The zero-order valence-electron chi connectivity index (χ0n) is 13.9. The molecule has 0 aliphatic heterocycles. The Morgan fingerprint density at radius 2 is 1.33 bits per heavy atom. The van der Waals surface area contributed by atoms with E-state index in [4.69, 9.17) is 0 Å². The topological polar surface area (TPSA) is 0 Å². The van der Waals surface area contributed by atoms with Gasteiger partial charge in [-0.3, -0.25) is 0 Å². The van der Waals surface area contributed by atoms with E-state index in [1.807, 2.05) is 6.07 Å². The highest BCUT2D eigenvalue weighted by molar-refractivity contribution is 9.10. The fourth-order valence-electron chi connectivity index (χ4n) is 3.59. The molecule has 4 rings (SSSR count). The fraction of sp³-hybridized carbons (Fsp3) is 0.130. The van der Waals surface area contributed by atoms with Crippen LogP contribution in [-0.4, -0.2) is 0 Å². The largest absolute Gasteiger partial charge is 0.0622 e. The van der Waals surface area contributed by atoms with Crippen molar-refractivity contribution in [3.8, 4) is 11.1 Å². The Bertz CT molecular complexity index is 934. The van der Waals surface area contributed by atoms with Crippen LogP contribution in [0.5, 0.6) is 0 Å². The molecule has 0 spiro atoms. The van der Waals surface area contributed by atoms with Crippen LogP contribution in [0.3, 0.4) is 0 Å². The Morgan fingerprint density at radius 3 is 2.08 bits per heavy atom. The second-order valence-electron chi connectivity index (χ2n) is 6.86. The third kappa shape index (κ3) is 2.53. The molecule has 24 heavy (non-hydrogen) atoms. The number of halogens is 1. The van der Waals surface area contributed by atoms with Crippen LogP contribution < -0.4 is 0 Å². The highest BCUT2D eigenvalue weighted by Gasteiger charge is 2.35. The highest BCUT2D eigenvalue weighted by Crippen LogP contribution is 2.49. The minimum atomic E-state index is 0.0328. The zero-order valence-corrected chi connectivity index (χ0v) is 15.5. The average Bonchev–Trinajstić information content (AvgIpc) is 2.81. The van der Waals surface area contributed by atoms with E-state index >= 15 is 0 Å². The number of fused-ring (bicyclic) bond motifs is 3. The molecular weight excluding hydrogens is 356 g/mol. The molecule has 0 bridgehead atoms. The van der Waals surface area contributed by atoms with Crippen LogP contribution in [0.2, 0.25) is 0 Å². The summed E-state index contributed by atoms with van der Waals surface area (Å²) in [6.45, 7) is 4.63. The monoisotopic (exact) mass is 374 g/mol. The molecule has 1 heteroatoms. The third-order valence-electron chi connectivity index (χ3n) is 4.93. The first kappa shape index (κ1) is 15.4. The molecule has 0 saturated heterocycles. The van der Waals surface area contributed by atoms with E-state index in [2.05, 4.69) is 103 Å². The standard InChI is InChI=1S/C23H19Br/c1-23(2)21-14-17(9-8-16-6-4-3-5-7-16)10-12-19(21)20-13-11-18(24)15-22(20)23/h3-15H,1-2H3/b9-8+. The van der Waals surface area contributed by atoms with Gasteiger partial charge in [0, 0.05) is 9.89 Å². The molecule has 0 unspecified atom stereocenters. The van der Waals surface area contributed by atoms with Crippen LogP contribution in [0, 0.1) is 0 Å². The summed E-state index contributed by atoms with van der Waals surface area (Å²) in [7, 11) is 0. The molecule has 0 saturated carbocycles. The van der Waals surface area contributed by atoms with Crippen LogP contribution in [0.15, 0.2) is 71.2 Å². The quantitative estimate of drug-likeness (QED) is 0.426. The highest BCUT2D eigenvalue weighted by atomic mass is 79.9. The molecule has 0 N–H and O–H groups in total. The van der Waals surface area contributed by atoms with Gasteiger partial charge in [0.25, 0.3) is 0 Å². The minimum absolute atomic E-state index is 0.0328. The lowest BCUT2D eigenvalue weighted by Crippen LogP contribution is -2.15. The van der Waals surface area contributed by atoms with E-state index in [9.17, 15) is 0 Å². The minimum Gasteiger partial charge on any atom is -0.0622 e. The van der Waals surface area contributed by atoms with Gasteiger partial charge >= 0.3 is 0 Å². The molecule has 1 aliphatic rings. The lowest BCUT2D eigenvalue weighted by atomic mass is 9.82. The second-order valence-corrected chi connectivity index (χ2v) is 7.78. The van der Waals surface area contributed by atoms with Gasteiger partial charge < -0.3 is 0 Å². The van der Waals surface area contributed by atoms with Gasteiger partial charge in [-0.05, 0) is 45.5 Å². The summed E-state index contributed by atoms with van der Waals surface area (Å²) < 4.78 is 1.14. The molecule has 0 aromatic heterocycles. The number of hydrogen-bond donors (Lipinski definition) is 0. The van der Waals surface area contributed by atoms with Crippen LogP contribution in [0.4, 0.5) is 0 Å². The first-order valence-electron chi connectivity index (χ1n) is 8.24. The zero-order chi connectivity index (χ0) is 16.7. The maximum absolute atomic E-state index is 3.62. The summed E-state index contributed by atoms with van der Waals surface area (Å²) in [5.41, 5.74) is 8.03. The lowest BCUT2D eigenvalue weighted by Gasteiger charge is -2.21. The maximum atomic E-state index is 3.62. The molecule has 3 aromatic rings. The van der Waals surface area contributed by atoms with E-state index in [1.54, 1.807) is 0 Å². The molecule has 0 radical (unpaired) electrons. The molecule has 0 nitrogen and oxygen atoms in total. The summed E-state index contributed by atoms with van der Waals surface area (Å²) in [6, 6.07) is 23.9. The van der Waals surface area contributed by atoms with Crippen LogP contribution in [0.25, 0.3) is 23.3 Å². The van der Waals surface area contributed by atoms with Crippen molar-refractivity contribution < 1.29 is 0 Å².